The van der Waals surface area contributed by atoms with Crippen molar-refractivity contribution in [3.05, 3.63) is 23.9 Å². The van der Waals surface area contributed by atoms with Gasteiger partial charge in [0.15, 0.2) is 5.82 Å². The Kier molecular flexibility index (Phi) is 4.17. The zero-order chi connectivity index (χ0) is 13.9. The van der Waals surface area contributed by atoms with Crippen LogP contribution in [0.4, 0.5) is 0 Å². The van der Waals surface area contributed by atoms with Crippen LogP contribution in [0.2, 0.25) is 0 Å². The summed E-state index contributed by atoms with van der Waals surface area (Å²) < 4.78 is 10.9. The van der Waals surface area contributed by atoms with Crippen LogP contribution in [0.3, 0.4) is 0 Å². The summed E-state index contributed by atoms with van der Waals surface area (Å²) in [6.07, 6.45) is 9.48. The average molecular weight is 277 g/mol. The van der Waals surface area contributed by atoms with Gasteiger partial charge in [-0.1, -0.05) is 17.3 Å². The van der Waals surface area contributed by atoms with E-state index in [1.165, 1.54) is 19.3 Å². The first-order valence-corrected chi connectivity index (χ1v) is 7.48. The quantitative estimate of drug-likeness (QED) is 0.791. The molecule has 1 fully saturated rings. The Morgan fingerprint density at radius 2 is 2.35 bits per heavy atom. The Morgan fingerprint density at radius 1 is 1.45 bits per heavy atom. The summed E-state index contributed by atoms with van der Waals surface area (Å²) in [5, 5.41) is 3.93. The van der Waals surface area contributed by atoms with E-state index < -0.39 is 0 Å². The van der Waals surface area contributed by atoms with Gasteiger partial charge in [0.05, 0.1) is 12.1 Å². The van der Waals surface area contributed by atoms with E-state index in [-0.39, 0.29) is 12.1 Å². The van der Waals surface area contributed by atoms with Crippen LogP contribution in [-0.2, 0) is 4.74 Å². The molecule has 3 atom stereocenters. The van der Waals surface area contributed by atoms with Crippen LogP contribution in [0, 0.1) is 12.8 Å². The SMILES string of the molecule is CO[C@@H]1C[C@H](c2nc(C)no2)N(C[C@H]2CC=CCC2)C1. The highest BCUT2D eigenvalue weighted by atomic mass is 16.5. The van der Waals surface area contributed by atoms with E-state index in [2.05, 4.69) is 27.2 Å². The van der Waals surface area contributed by atoms with E-state index in [0.29, 0.717) is 5.82 Å². The highest BCUT2D eigenvalue weighted by Crippen LogP contribution is 2.34. The lowest BCUT2D eigenvalue weighted by molar-refractivity contribution is 0.105. The van der Waals surface area contributed by atoms with Gasteiger partial charge in [-0.25, -0.2) is 0 Å². The molecule has 2 aliphatic rings. The zero-order valence-electron chi connectivity index (χ0n) is 12.3. The van der Waals surface area contributed by atoms with Crippen molar-refractivity contribution >= 4 is 0 Å². The van der Waals surface area contributed by atoms with Crippen LogP contribution in [0.5, 0.6) is 0 Å². The number of ether oxygens (including phenoxy) is 1. The third kappa shape index (κ3) is 2.94. The molecular formula is C15H23N3O2. The van der Waals surface area contributed by atoms with E-state index in [1.807, 2.05) is 6.92 Å². The lowest BCUT2D eigenvalue weighted by Gasteiger charge is -2.27. The lowest BCUT2D eigenvalue weighted by atomic mass is 9.94. The highest BCUT2D eigenvalue weighted by molar-refractivity contribution is 5.00. The maximum Gasteiger partial charge on any atom is 0.244 e. The molecular weight excluding hydrogens is 254 g/mol. The van der Waals surface area contributed by atoms with Gasteiger partial charge in [-0.15, -0.1) is 0 Å². The maximum absolute atomic E-state index is 5.54. The number of methoxy groups -OCH3 is 1. The summed E-state index contributed by atoms with van der Waals surface area (Å²) in [5.74, 6) is 2.19. The second-order valence-electron chi connectivity index (χ2n) is 5.89. The molecule has 0 amide bonds. The number of allylic oxidation sites excluding steroid dienone is 2. The first-order chi connectivity index (χ1) is 9.76. The molecule has 1 aliphatic carbocycles. The van der Waals surface area contributed by atoms with Crippen molar-refractivity contribution in [3.8, 4) is 0 Å². The van der Waals surface area contributed by atoms with Gasteiger partial charge in [-0.05, 0) is 38.5 Å². The Hall–Kier alpha value is -1.20. The first-order valence-electron chi connectivity index (χ1n) is 7.48. The molecule has 5 nitrogen and oxygen atoms in total. The monoisotopic (exact) mass is 277 g/mol. The zero-order valence-corrected chi connectivity index (χ0v) is 12.3. The number of hydrogen-bond donors (Lipinski definition) is 0. The molecule has 5 heteroatoms. The number of aryl methyl sites for hydroxylation is 1. The van der Waals surface area contributed by atoms with Crippen LogP contribution in [0.15, 0.2) is 16.7 Å². The summed E-state index contributed by atoms with van der Waals surface area (Å²) in [5.41, 5.74) is 0. The first kappa shape index (κ1) is 13.8. The molecule has 0 spiro atoms. The minimum Gasteiger partial charge on any atom is -0.380 e. The fourth-order valence-electron chi connectivity index (χ4n) is 3.29. The Morgan fingerprint density at radius 3 is 3.00 bits per heavy atom. The molecule has 1 aliphatic heterocycles. The van der Waals surface area contributed by atoms with Crippen molar-refractivity contribution < 1.29 is 9.26 Å². The predicted molar refractivity (Wildman–Crippen MR) is 75.2 cm³/mol. The van der Waals surface area contributed by atoms with Crippen molar-refractivity contribution in [3.63, 3.8) is 0 Å². The van der Waals surface area contributed by atoms with Crippen molar-refractivity contribution in [2.24, 2.45) is 5.92 Å². The van der Waals surface area contributed by atoms with Gasteiger partial charge >= 0.3 is 0 Å². The highest BCUT2D eigenvalue weighted by Gasteiger charge is 2.37. The van der Waals surface area contributed by atoms with Gasteiger partial charge in [0, 0.05) is 20.2 Å². The van der Waals surface area contributed by atoms with Gasteiger partial charge < -0.3 is 9.26 Å². The van der Waals surface area contributed by atoms with E-state index in [9.17, 15) is 0 Å². The lowest BCUT2D eigenvalue weighted by Crippen LogP contribution is -2.31. The second-order valence-corrected chi connectivity index (χ2v) is 5.89. The van der Waals surface area contributed by atoms with Crippen molar-refractivity contribution in [1.29, 1.82) is 0 Å². The van der Waals surface area contributed by atoms with Crippen molar-refractivity contribution in [2.45, 2.75) is 44.8 Å². The second kappa shape index (κ2) is 6.06. The van der Waals surface area contributed by atoms with Crippen LogP contribution >= 0.6 is 0 Å². The summed E-state index contributed by atoms with van der Waals surface area (Å²) in [4.78, 5) is 6.88. The number of aromatic nitrogens is 2. The van der Waals surface area contributed by atoms with E-state index >= 15 is 0 Å². The minimum atomic E-state index is 0.215. The minimum absolute atomic E-state index is 0.215. The van der Waals surface area contributed by atoms with Crippen LogP contribution < -0.4 is 0 Å². The number of hydrogen-bond acceptors (Lipinski definition) is 5. The fourth-order valence-corrected chi connectivity index (χ4v) is 3.29. The normalized spacial score (nSPS) is 31.0. The molecule has 1 aromatic rings. The third-order valence-corrected chi connectivity index (χ3v) is 4.40. The van der Waals surface area contributed by atoms with Gasteiger partial charge in [0.25, 0.3) is 0 Å². The van der Waals surface area contributed by atoms with Crippen molar-refractivity contribution in [2.75, 3.05) is 20.2 Å². The summed E-state index contributed by atoms with van der Waals surface area (Å²) >= 11 is 0. The maximum atomic E-state index is 5.54. The number of likely N-dealkylation sites (tertiary alicyclic amines) is 1. The Labute approximate surface area is 120 Å². The van der Waals surface area contributed by atoms with Gasteiger partial charge in [0.2, 0.25) is 5.89 Å². The van der Waals surface area contributed by atoms with E-state index in [4.69, 9.17) is 9.26 Å². The largest absolute Gasteiger partial charge is 0.380 e. The van der Waals surface area contributed by atoms with Gasteiger partial charge in [0.1, 0.15) is 0 Å². The molecule has 3 rings (SSSR count). The molecule has 0 N–H and O–H groups in total. The van der Waals surface area contributed by atoms with Crippen LogP contribution in [0.1, 0.15) is 43.4 Å². The van der Waals surface area contributed by atoms with E-state index in [0.717, 1.165) is 31.3 Å². The van der Waals surface area contributed by atoms with E-state index in [1.54, 1.807) is 7.11 Å². The van der Waals surface area contributed by atoms with Crippen LogP contribution in [-0.4, -0.2) is 41.3 Å². The molecule has 1 aromatic heterocycles. The standard InChI is InChI=1S/C15H23N3O2/c1-11-16-15(20-17-11)14-8-13(19-2)10-18(14)9-12-6-4-3-5-7-12/h3-4,12-14H,5-10H2,1-2H3/t12-,13+,14+/m0/s1. The average Bonchev–Trinajstić information content (AvgIpc) is 3.06. The smallest absolute Gasteiger partial charge is 0.244 e. The van der Waals surface area contributed by atoms with Crippen LogP contribution in [0.25, 0.3) is 0 Å². The predicted octanol–water partition coefficient (Wildman–Crippen LogP) is 2.50. The molecule has 0 bridgehead atoms. The molecule has 1 saturated heterocycles. The molecule has 110 valence electrons. The van der Waals surface area contributed by atoms with Gasteiger partial charge in [-0.3, -0.25) is 4.90 Å². The van der Waals surface area contributed by atoms with Gasteiger partial charge in [-0.2, -0.15) is 4.98 Å². The third-order valence-electron chi connectivity index (χ3n) is 4.40. The summed E-state index contributed by atoms with van der Waals surface area (Å²) in [6.45, 7) is 3.92. The molecule has 2 heterocycles. The number of nitrogens with zero attached hydrogens (tertiary/aromatic N) is 3. The molecule has 0 aromatic carbocycles. The molecule has 0 radical (unpaired) electrons. The van der Waals surface area contributed by atoms with Crippen molar-refractivity contribution in [1.82, 2.24) is 15.0 Å². The topological polar surface area (TPSA) is 51.4 Å². The Bertz CT molecular complexity index is 471. The fraction of sp³-hybridized carbons (Fsp3) is 0.733. The molecule has 20 heavy (non-hydrogen) atoms. The summed E-state index contributed by atoms with van der Waals surface area (Å²) in [7, 11) is 1.79. The number of rotatable bonds is 4. The Balaban J connectivity index is 1.70. The summed E-state index contributed by atoms with van der Waals surface area (Å²) in [6, 6.07) is 0.215. The molecule has 0 saturated carbocycles. The molecule has 0 unspecified atom stereocenters.